The number of methoxy groups -OCH3 is 2. The van der Waals surface area contributed by atoms with Crippen LogP contribution in [0.4, 0.5) is 5.69 Å². The van der Waals surface area contributed by atoms with Gasteiger partial charge in [-0.15, -0.1) is 4.91 Å². The highest BCUT2D eigenvalue weighted by Crippen LogP contribution is 2.39. The number of aryl methyl sites for hydroxylation is 1. The fraction of sp³-hybridized carbons (Fsp3) is 0.222. The lowest BCUT2D eigenvalue weighted by Crippen LogP contribution is -2.00. The standard InChI is InChI=1S/C18H18N2O4/c1-11-4-6-14-13(8-11)17(19-22)18(21)20(14)10-12-5-7-15(23-2)16(9-12)24-3/h4-9,21H,10H2,1-3H3. The number of ether oxygens (including phenoxy) is 2. The zero-order valence-electron chi connectivity index (χ0n) is 13.7. The lowest BCUT2D eigenvalue weighted by molar-refractivity contribution is 0.354. The predicted molar refractivity (Wildman–Crippen MR) is 92.4 cm³/mol. The molecule has 6 heteroatoms. The fourth-order valence-electron chi connectivity index (χ4n) is 2.85. The number of nitrogens with zero attached hydrogens (tertiary/aromatic N) is 2. The first-order chi connectivity index (χ1) is 11.6. The normalized spacial score (nSPS) is 10.8. The minimum Gasteiger partial charge on any atom is -0.493 e. The summed E-state index contributed by atoms with van der Waals surface area (Å²) in [7, 11) is 3.15. The first kappa shape index (κ1) is 15.9. The van der Waals surface area contributed by atoms with Crippen molar-refractivity contribution < 1.29 is 14.6 Å². The number of rotatable bonds is 5. The number of hydrogen-bond acceptors (Lipinski definition) is 5. The van der Waals surface area contributed by atoms with E-state index < -0.39 is 0 Å². The van der Waals surface area contributed by atoms with Gasteiger partial charge < -0.3 is 19.1 Å². The summed E-state index contributed by atoms with van der Waals surface area (Å²) in [5.41, 5.74) is 2.71. The van der Waals surface area contributed by atoms with Crippen molar-refractivity contribution in [3.8, 4) is 17.4 Å². The molecule has 6 nitrogen and oxygen atoms in total. The van der Waals surface area contributed by atoms with Crippen molar-refractivity contribution in [3.63, 3.8) is 0 Å². The van der Waals surface area contributed by atoms with Crippen molar-refractivity contribution >= 4 is 16.6 Å². The van der Waals surface area contributed by atoms with E-state index in [1.807, 2.05) is 37.3 Å². The van der Waals surface area contributed by atoms with Crippen LogP contribution in [-0.2, 0) is 6.54 Å². The molecule has 0 saturated carbocycles. The molecule has 0 aliphatic heterocycles. The minimum atomic E-state index is -0.139. The van der Waals surface area contributed by atoms with Crippen LogP contribution in [-0.4, -0.2) is 23.9 Å². The van der Waals surface area contributed by atoms with Crippen LogP contribution in [0.2, 0.25) is 0 Å². The van der Waals surface area contributed by atoms with Crippen LogP contribution in [0.25, 0.3) is 10.9 Å². The summed E-state index contributed by atoms with van der Waals surface area (Å²) in [6.07, 6.45) is 0. The maximum atomic E-state index is 11.1. The molecule has 1 aromatic heterocycles. The van der Waals surface area contributed by atoms with Crippen molar-refractivity contribution in [2.75, 3.05) is 14.2 Å². The molecule has 2 aromatic carbocycles. The third kappa shape index (κ3) is 2.56. The average Bonchev–Trinajstić information content (AvgIpc) is 2.85. The van der Waals surface area contributed by atoms with Crippen molar-refractivity contribution in [3.05, 3.63) is 52.4 Å². The Hall–Kier alpha value is -3.02. The Morgan fingerprint density at radius 3 is 2.50 bits per heavy atom. The molecular formula is C18H18N2O4. The summed E-state index contributed by atoms with van der Waals surface area (Å²) in [4.78, 5) is 11.1. The van der Waals surface area contributed by atoms with Crippen LogP contribution in [0.15, 0.2) is 41.6 Å². The molecule has 0 bridgehead atoms. The third-order valence-electron chi connectivity index (χ3n) is 4.05. The Morgan fingerprint density at radius 2 is 1.83 bits per heavy atom. The number of aromatic nitrogens is 1. The minimum absolute atomic E-state index is 0.0641. The van der Waals surface area contributed by atoms with Gasteiger partial charge in [-0.3, -0.25) is 0 Å². The zero-order chi connectivity index (χ0) is 17.3. The Balaban J connectivity index is 2.10. The van der Waals surface area contributed by atoms with E-state index in [2.05, 4.69) is 5.18 Å². The third-order valence-corrected chi connectivity index (χ3v) is 4.05. The van der Waals surface area contributed by atoms with E-state index in [9.17, 15) is 10.0 Å². The van der Waals surface area contributed by atoms with Gasteiger partial charge in [0.15, 0.2) is 17.2 Å². The molecule has 1 N–H and O–H groups in total. The van der Waals surface area contributed by atoms with E-state index in [0.717, 1.165) is 16.6 Å². The molecular weight excluding hydrogens is 308 g/mol. The van der Waals surface area contributed by atoms with E-state index in [1.54, 1.807) is 24.9 Å². The summed E-state index contributed by atoms with van der Waals surface area (Å²) in [5, 5.41) is 14.0. The van der Waals surface area contributed by atoms with Gasteiger partial charge in [0.2, 0.25) is 5.88 Å². The van der Waals surface area contributed by atoms with E-state index in [0.29, 0.717) is 23.4 Å². The van der Waals surface area contributed by atoms with Gasteiger partial charge in [0.25, 0.3) is 0 Å². The van der Waals surface area contributed by atoms with Crippen LogP contribution in [0.1, 0.15) is 11.1 Å². The van der Waals surface area contributed by atoms with Gasteiger partial charge in [-0.05, 0) is 41.9 Å². The molecule has 1 heterocycles. The molecule has 0 unspecified atom stereocenters. The molecule has 3 rings (SSSR count). The second-order valence-corrected chi connectivity index (χ2v) is 5.56. The molecule has 0 spiro atoms. The SMILES string of the molecule is COc1ccc(Cn2c(O)c(N=O)c3cc(C)ccc32)cc1OC. The predicted octanol–water partition coefficient (Wildman–Crippen LogP) is 4.12. The van der Waals surface area contributed by atoms with Crippen LogP contribution in [0.5, 0.6) is 17.4 Å². The highest BCUT2D eigenvalue weighted by molar-refractivity contribution is 5.95. The van der Waals surface area contributed by atoms with Crippen LogP contribution >= 0.6 is 0 Å². The highest BCUT2D eigenvalue weighted by Gasteiger charge is 2.18. The smallest absolute Gasteiger partial charge is 0.222 e. The second kappa shape index (κ2) is 6.23. The molecule has 0 atom stereocenters. The largest absolute Gasteiger partial charge is 0.493 e. The van der Waals surface area contributed by atoms with Gasteiger partial charge in [-0.2, -0.15) is 0 Å². The van der Waals surface area contributed by atoms with Gasteiger partial charge >= 0.3 is 0 Å². The van der Waals surface area contributed by atoms with Crippen molar-refractivity contribution in [1.82, 2.24) is 4.57 Å². The Kier molecular flexibility index (Phi) is 4.12. The van der Waals surface area contributed by atoms with Crippen molar-refractivity contribution in [2.24, 2.45) is 5.18 Å². The fourth-order valence-corrected chi connectivity index (χ4v) is 2.85. The molecule has 0 amide bonds. The summed E-state index contributed by atoms with van der Waals surface area (Å²) in [5.74, 6) is 1.10. The van der Waals surface area contributed by atoms with E-state index in [-0.39, 0.29) is 11.6 Å². The zero-order valence-corrected chi connectivity index (χ0v) is 13.7. The molecule has 0 fully saturated rings. The van der Waals surface area contributed by atoms with E-state index >= 15 is 0 Å². The molecule has 0 saturated heterocycles. The van der Waals surface area contributed by atoms with E-state index in [4.69, 9.17) is 9.47 Å². The maximum absolute atomic E-state index is 11.1. The first-order valence-corrected chi connectivity index (χ1v) is 7.45. The monoisotopic (exact) mass is 326 g/mol. The number of fused-ring (bicyclic) bond motifs is 1. The quantitative estimate of drug-likeness (QED) is 0.716. The Labute approximate surface area is 139 Å². The summed E-state index contributed by atoms with van der Waals surface area (Å²) >= 11 is 0. The van der Waals surface area contributed by atoms with E-state index in [1.165, 1.54) is 0 Å². The van der Waals surface area contributed by atoms with Crippen LogP contribution in [0.3, 0.4) is 0 Å². The Bertz CT molecular complexity index is 915. The van der Waals surface area contributed by atoms with Gasteiger partial charge in [0, 0.05) is 5.39 Å². The maximum Gasteiger partial charge on any atom is 0.222 e. The Morgan fingerprint density at radius 1 is 1.08 bits per heavy atom. The topological polar surface area (TPSA) is 73.0 Å². The molecule has 0 aliphatic rings. The van der Waals surface area contributed by atoms with Crippen LogP contribution in [0, 0.1) is 11.8 Å². The van der Waals surface area contributed by atoms with Crippen molar-refractivity contribution in [1.29, 1.82) is 0 Å². The molecule has 124 valence electrons. The van der Waals surface area contributed by atoms with Crippen LogP contribution < -0.4 is 9.47 Å². The van der Waals surface area contributed by atoms with Gasteiger partial charge in [0.05, 0.1) is 26.3 Å². The van der Waals surface area contributed by atoms with Gasteiger partial charge in [-0.1, -0.05) is 17.7 Å². The number of hydrogen-bond donors (Lipinski definition) is 1. The molecule has 0 radical (unpaired) electrons. The first-order valence-electron chi connectivity index (χ1n) is 7.45. The lowest BCUT2D eigenvalue weighted by Gasteiger charge is -2.11. The highest BCUT2D eigenvalue weighted by atomic mass is 16.5. The van der Waals surface area contributed by atoms with Crippen molar-refractivity contribution in [2.45, 2.75) is 13.5 Å². The molecule has 3 aromatic rings. The summed E-state index contributed by atoms with van der Waals surface area (Å²) in [6, 6.07) is 11.2. The number of benzene rings is 2. The van der Waals surface area contributed by atoms with Gasteiger partial charge in [0.1, 0.15) is 0 Å². The second-order valence-electron chi connectivity index (χ2n) is 5.56. The molecule has 0 aliphatic carbocycles. The number of aromatic hydroxyl groups is 1. The molecule has 24 heavy (non-hydrogen) atoms. The summed E-state index contributed by atoms with van der Waals surface area (Å²) < 4.78 is 12.2. The lowest BCUT2D eigenvalue weighted by atomic mass is 10.1. The number of nitroso groups, excluding NO2 is 1. The summed E-state index contributed by atoms with van der Waals surface area (Å²) in [6.45, 7) is 2.30. The average molecular weight is 326 g/mol. The van der Waals surface area contributed by atoms with Gasteiger partial charge in [-0.25, -0.2) is 0 Å².